The SMILES string of the molecule is Nc1c(Br)cc(C2(C(=O)C3(c4cc(Br)c(N)c(Br)c4)CCCCC3)CCCCC2)cc1Br. The van der Waals surface area contributed by atoms with Gasteiger partial charge in [-0.15, -0.1) is 0 Å². The maximum absolute atomic E-state index is 14.9. The fraction of sp³-hybridized carbons (Fsp3) is 0.480. The monoisotopic (exact) mass is 688 g/mol. The molecule has 7 heteroatoms. The third kappa shape index (κ3) is 4.25. The Kier molecular flexibility index (Phi) is 7.51. The molecule has 2 aromatic rings. The van der Waals surface area contributed by atoms with E-state index < -0.39 is 10.8 Å². The molecule has 0 spiro atoms. The molecule has 0 heterocycles. The van der Waals surface area contributed by atoms with E-state index in [4.69, 9.17) is 11.5 Å². The van der Waals surface area contributed by atoms with E-state index in [0.29, 0.717) is 17.2 Å². The molecule has 0 aromatic heterocycles. The van der Waals surface area contributed by atoms with Crippen molar-refractivity contribution in [1.29, 1.82) is 0 Å². The summed E-state index contributed by atoms with van der Waals surface area (Å²) in [6, 6.07) is 8.31. The molecule has 0 atom stereocenters. The minimum absolute atomic E-state index is 0.372. The number of nitrogens with two attached hydrogens (primary N) is 2. The summed E-state index contributed by atoms with van der Waals surface area (Å²) >= 11 is 14.5. The highest BCUT2D eigenvalue weighted by atomic mass is 79.9. The van der Waals surface area contributed by atoms with Crippen LogP contribution in [0, 0.1) is 0 Å². The van der Waals surface area contributed by atoms with Gasteiger partial charge in [-0.3, -0.25) is 4.79 Å². The van der Waals surface area contributed by atoms with Gasteiger partial charge in [0.15, 0.2) is 5.78 Å². The van der Waals surface area contributed by atoms with Crippen molar-refractivity contribution < 1.29 is 4.79 Å². The van der Waals surface area contributed by atoms with Gasteiger partial charge < -0.3 is 11.5 Å². The van der Waals surface area contributed by atoms with Crippen molar-refractivity contribution in [1.82, 2.24) is 0 Å². The lowest BCUT2D eigenvalue weighted by molar-refractivity contribution is -0.133. The second kappa shape index (κ2) is 9.71. The van der Waals surface area contributed by atoms with Gasteiger partial charge in [0.25, 0.3) is 0 Å². The van der Waals surface area contributed by atoms with Gasteiger partial charge in [0.05, 0.1) is 22.2 Å². The number of rotatable bonds is 4. The topological polar surface area (TPSA) is 69.1 Å². The number of carbonyl (C=O) groups excluding carboxylic acids is 1. The molecule has 2 aliphatic rings. The maximum atomic E-state index is 14.9. The van der Waals surface area contributed by atoms with Crippen molar-refractivity contribution in [3.8, 4) is 0 Å². The van der Waals surface area contributed by atoms with E-state index in [1.807, 2.05) is 0 Å². The van der Waals surface area contributed by atoms with Crippen LogP contribution >= 0.6 is 63.7 Å². The zero-order valence-corrected chi connectivity index (χ0v) is 24.3. The van der Waals surface area contributed by atoms with Crippen LogP contribution in [0.4, 0.5) is 11.4 Å². The van der Waals surface area contributed by atoms with Gasteiger partial charge in [0.2, 0.25) is 0 Å². The minimum atomic E-state index is -0.505. The van der Waals surface area contributed by atoms with Crippen LogP contribution in [0.2, 0.25) is 0 Å². The van der Waals surface area contributed by atoms with E-state index in [1.165, 1.54) is 12.8 Å². The Morgan fingerprint density at radius 1 is 0.594 bits per heavy atom. The molecule has 0 unspecified atom stereocenters. The molecule has 2 saturated carbocycles. The van der Waals surface area contributed by atoms with E-state index in [-0.39, 0.29) is 0 Å². The average Bonchev–Trinajstić information content (AvgIpc) is 2.80. The van der Waals surface area contributed by atoms with E-state index in [1.54, 1.807) is 0 Å². The summed E-state index contributed by atoms with van der Waals surface area (Å²) in [6.07, 6.45) is 10.2. The molecule has 2 fully saturated rings. The van der Waals surface area contributed by atoms with E-state index >= 15 is 0 Å². The lowest BCUT2D eigenvalue weighted by Crippen LogP contribution is -2.51. The Hall–Kier alpha value is -0.370. The molecule has 172 valence electrons. The molecule has 2 aromatic carbocycles. The molecule has 0 aliphatic heterocycles. The highest BCUT2D eigenvalue weighted by molar-refractivity contribution is 9.11. The van der Waals surface area contributed by atoms with Crippen LogP contribution in [0.5, 0.6) is 0 Å². The lowest BCUT2D eigenvalue weighted by atomic mass is 9.55. The quantitative estimate of drug-likeness (QED) is 0.316. The van der Waals surface area contributed by atoms with Gasteiger partial charge in [-0.2, -0.15) is 0 Å². The Morgan fingerprint density at radius 2 is 0.875 bits per heavy atom. The Labute approximate surface area is 224 Å². The number of carbonyl (C=O) groups is 1. The first kappa shape index (κ1) is 24.7. The van der Waals surface area contributed by atoms with Gasteiger partial charge in [-0.25, -0.2) is 0 Å². The fourth-order valence-corrected chi connectivity index (χ4v) is 8.16. The Bertz CT molecular complexity index is 913. The number of anilines is 2. The summed E-state index contributed by atoms with van der Waals surface area (Å²) in [6.45, 7) is 0. The molecule has 0 saturated heterocycles. The van der Waals surface area contributed by atoms with Gasteiger partial charge in [0.1, 0.15) is 0 Å². The Morgan fingerprint density at radius 3 is 1.16 bits per heavy atom. The summed E-state index contributed by atoms with van der Waals surface area (Å²) in [7, 11) is 0. The molecule has 0 amide bonds. The molecule has 2 aliphatic carbocycles. The first-order valence-electron chi connectivity index (χ1n) is 11.3. The first-order chi connectivity index (χ1) is 15.2. The number of halogens is 4. The van der Waals surface area contributed by atoms with Crippen LogP contribution < -0.4 is 11.5 Å². The molecule has 0 radical (unpaired) electrons. The first-order valence-corrected chi connectivity index (χ1v) is 14.4. The molecule has 4 rings (SSSR count). The predicted octanol–water partition coefficient (Wildman–Crippen LogP) is 8.57. The number of benzene rings is 2. The summed E-state index contributed by atoms with van der Waals surface area (Å²) in [5.74, 6) is 0.372. The van der Waals surface area contributed by atoms with E-state index in [2.05, 4.69) is 88.0 Å². The van der Waals surface area contributed by atoms with Crippen LogP contribution in [-0.4, -0.2) is 5.78 Å². The van der Waals surface area contributed by atoms with Crippen molar-refractivity contribution >= 4 is 80.9 Å². The number of nitrogen functional groups attached to an aromatic ring is 2. The molecule has 0 bridgehead atoms. The highest BCUT2D eigenvalue weighted by Crippen LogP contribution is 2.52. The average molecular weight is 692 g/mol. The predicted molar refractivity (Wildman–Crippen MR) is 147 cm³/mol. The standard InChI is InChI=1S/C25H28Br4N2O/c26-17-11-15(12-18(27)21(17)30)24(7-3-1-4-8-24)23(32)25(9-5-2-6-10-25)16-13-19(28)22(31)20(29)14-16/h11-14H,1-10,30-31H2. The van der Waals surface area contributed by atoms with Crippen molar-refractivity contribution in [2.45, 2.75) is 75.0 Å². The van der Waals surface area contributed by atoms with Crippen molar-refractivity contribution in [2.75, 3.05) is 11.5 Å². The number of Topliss-reactive ketones (excluding diaryl/α,β-unsaturated/α-hetero) is 1. The largest absolute Gasteiger partial charge is 0.397 e. The minimum Gasteiger partial charge on any atom is -0.397 e. The van der Waals surface area contributed by atoms with Crippen LogP contribution in [0.3, 0.4) is 0 Å². The number of hydrogen-bond acceptors (Lipinski definition) is 3. The second-order valence-electron chi connectivity index (χ2n) is 9.32. The second-order valence-corrected chi connectivity index (χ2v) is 12.7. The molecule has 3 nitrogen and oxygen atoms in total. The van der Waals surface area contributed by atoms with E-state index in [0.717, 1.165) is 80.4 Å². The third-order valence-corrected chi connectivity index (χ3v) is 10.2. The molecular formula is C25H28Br4N2O. The van der Waals surface area contributed by atoms with Gasteiger partial charge in [0, 0.05) is 17.9 Å². The van der Waals surface area contributed by atoms with Crippen molar-refractivity contribution in [3.05, 3.63) is 53.3 Å². The normalized spacial score (nSPS) is 20.1. The summed E-state index contributed by atoms with van der Waals surface area (Å²) in [5, 5.41) is 0. The van der Waals surface area contributed by atoms with Crippen molar-refractivity contribution in [3.63, 3.8) is 0 Å². The summed E-state index contributed by atoms with van der Waals surface area (Å²) in [4.78, 5) is 14.9. The van der Waals surface area contributed by atoms with Gasteiger partial charge in [-0.1, -0.05) is 38.5 Å². The highest BCUT2D eigenvalue weighted by Gasteiger charge is 2.52. The molecule has 4 N–H and O–H groups in total. The van der Waals surface area contributed by atoms with Gasteiger partial charge in [-0.05, 0) is 125 Å². The zero-order chi connectivity index (χ0) is 23.1. The Balaban J connectivity index is 1.91. The van der Waals surface area contributed by atoms with Crippen LogP contribution in [0.1, 0.15) is 75.3 Å². The lowest BCUT2D eigenvalue weighted by Gasteiger charge is -2.46. The molecular weight excluding hydrogens is 664 g/mol. The third-order valence-electron chi connectivity index (χ3n) is 7.55. The van der Waals surface area contributed by atoms with Crippen LogP contribution in [0.25, 0.3) is 0 Å². The van der Waals surface area contributed by atoms with E-state index in [9.17, 15) is 4.79 Å². The maximum Gasteiger partial charge on any atom is 0.153 e. The summed E-state index contributed by atoms with van der Waals surface area (Å²) < 4.78 is 3.37. The van der Waals surface area contributed by atoms with Crippen LogP contribution in [0.15, 0.2) is 42.2 Å². The fourth-order valence-electron chi connectivity index (χ4n) is 5.78. The zero-order valence-electron chi connectivity index (χ0n) is 18.0. The summed E-state index contributed by atoms with van der Waals surface area (Å²) in [5.41, 5.74) is 14.9. The van der Waals surface area contributed by atoms with Gasteiger partial charge >= 0.3 is 0 Å². The smallest absolute Gasteiger partial charge is 0.153 e. The van der Waals surface area contributed by atoms with Crippen molar-refractivity contribution in [2.24, 2.45) is 0 Å². The molecule has 32 heavy (non-hydrogen) atoms. The number of ketones is 1. The number of hydrogen-bond donors (Lipinski definition) is 2. The van der Waals surface area contributed by atoms with Crippen LogP contribution in [-0.2, 0) is 15.6 Å².